The third kappa shape index (κ3) is 3.16. The number of nitrogens with zero attached hydrogens (tertiary/aromatic N) is 1. The van der Waals surface area contributed by atoms with Gasteiger partial charge in [0.1, 0.15) is 6.26 Å². The number of ether oxygens (including phenoxy) is 1. The molecule has 2 fully saturated rings. The van der Waals surface area contributed by atoms with Gasteiger partial charge in [-0.3, -0.25) is 14.9 Å². The fraction of sp³-hybridized carbons (Fsp3) is 0.615. The van der Waals surface area contributed by atoms with Crippen molar-refractivity contribution in [1.29, 1.82) is 0 Å². The van der Waals surface area contributed by atoms with Crippen LogP contribution in [0.1, 0.15) is 36.2 Å². The molecule has 1 saturated heterocycles. The van der Waals surface area contributed by atoms with Crippen molar-refractivity contribution in [2.24, 2.45) is 5.92 Å². The van der Waals surface area contributed by atoms with Gasteiger partial charge in [0.05, 0.1) is 6.10 Å². The number of carbonyl (C=O) groups is 2. The molecular formula is C13H17N3O4. The van der Waals surface area contributed by atoms with Crippen LogP contribution in [0.3, 0.4) is 0 Å². The Hall–Kier alpha value is -1.89. The maximum absolute atomic E-state index is 11.8. The van der Waals surface area contributed by atoms with Gasteiger partial charge in [-0.1, -0.05) is 0 Å². The monoisotopic (exact) mass is 279 g/mol. The van der Waals surface area contributed by atoms with Gasteiger partial charge in [-0.2, -0.15) is 4.98 Å². The SMILES string of the molecule is O=C(NCC1CCCO1)c1coc(NC(=O)C2CC2)n1. The zero-order valence-corrected chi connectivity index (χ0v) is 11.1. The van der Waals surface area contributed by atoms with Crippen molar-refractivity contribution in [1.82, 2.24) is 10.3 Å². The topological polar surface area (TPSA) is 93.5 Å². The van der Waals surface area contributed by atoms with Gasteiger partial charge in [-0.05, 0) is 25.7 Å². The number of amides is 2. The highest BCUT2D eigenvalue weighted by molar-refractivity contribution is 5.94. The second-order valence-corrected chi connectivity index (χ2v) is 5.15. The highest BCUT2D eigenvalue weighted by Gasteiger charge is 2.30. The number of rotatable bonds is 5. The van der Waals surface area contributed by atoms with Crippen LogP contribution in [0.4, 0.5) is 6.01 Å². The van der Waals surface area contributed by atoms with Crippen LogP contribution < -0.4 is 10.6 Å². The number of aromatic nitrogens is 1. The maximum atomic E-state index is 11.8. The summed E-state index contributed by atoms with van der Waals surface area (Å²) in [5.41, 5.74) is 0.161. The molecule has 1 aromatic heterocycles. The van der Waals surface area contributed by atoms with E-state index in [0.717, 1.165) is 32.3 Å². The van der Waals surface area contributed by atoms with Crippen LogP contribution in [-0.2, 0) is 9.53 Å². The molecule has 2 amide bonds. The average molecular weight is 279 g/mol. The normalized spacial score (nSPS) is 21.7. The molecule has 1 saturated carbocycles. The van der Waals surface area contributed by atoms with Crippen molar-refractivity contribution >= 4 is 17.8 Å². The van der Waals surface area contributed by atoms with E-state index in [9.17, 15) is 9.59 Å². The van der Waals surface area contributed by atoms with Crippen molar-refractivity contribution in [2.45, 2.75) is 31.8 Å². The fourth-order valence-electron chi connectivity index (χ4n) is 2.09. The molecule has 1 unspecified atom stereocenters. The second kappa shape index (κ2) is 5.62. The number of hydrogen-bond acceptors (Lipinski definition) is 5. The Kier molecular flexibility index (Phi) is 3.68. The summed E-state index contributed by atoms with van der Waals surface area (Å²) in [6.07, 6.45) is 5.12. The van der Waals surface area contributed by atoms with Gasteiger partial charge in [-0.15, -0.1) is 0 Å². The smallest absolute Gasteiger partial charge is 0.302 e. The Morgan fingerprint density at radius 3 is 2.90 bits per heavy atom. The highest BCUT2D eigenvalue weighted by atomic mass is 16.5. The van der Waals surface area contributed by atoms with Crippen LogP contribution >= 0.6 is 0 Å². The highest BCUT2D eigenvalue weighted by Crippen LogP contribution is 2.30. The lowest BCUT2D eigenvalue weighted by Gasteiger charge is -2.09. The first kappa shape index (κ1) is 13.1. The quantitative estimate of drug-likeness (QED) is 0.836. The minimum atomic E-state index is -0.323. The Labute approximate surface area is 116 Å². The Bertz CT molecular complexity index is 503. The maximum Gasteiger partial charge on any atom is 0.302 e. The van der Waals surface area contributed by atoms with E-state index in [1.807, 2.05) is 0 Å². The first-order chi connectivity index (χ1) is 9.72. The lowest BCUT2D eigenvalue weighted by Crippen LogP contribution is -2.31. The Balaban J connectivity index is 1.49. The van der Waals surface area contributed by atoms with Gasteiger partial charge in [0.15, 0.2) is 5.69 Å². The molecular weight excluding hydrogens is 262 g/mol. The summed E-state index contributed by atoms with van der Waals surface area (Å²) >= 11 is 0. The number of anilines is 1. The van der Waals surface area contributed by atoms with Crippen molar-refractivity contribution in [2.75, 3.05) is 18.5 Å². The van der Waals surface area contributed by atoms with E-state index in [1.165, 1.54) is 6.26 Å². The average Bonchev–Trinajstić information content (AvgIpc) is 2.98. The molecule has 0 radical (unpaired) electrons. The molecule has 1 aliphatic carbocycles. The van der Waals surface area contributed by atoms with Crippen LogP contribution in [0.15, 0.2) is 10.7 Å². The van der Waals surface area contributed by atoms with Crippen LogP contribution in [0.5, 0.6) is 0 Å². The summed E-state index contributed by atoms with van der Waals surface area (Å²) in [6, 6.07) is 0.0733. The van der Waals surface area contributed by atoms with Crippen LogP contribution in [0, 0.1) is 5.92 Å². The standard InChI is InChI=1S/C13H17N3O4/c17-11(8-3-4-8)16-13-15-10(7-20-13)12(18)14-6-9-2-1-5-19-9/h7-9H,1-6H2,(H,14,18)(H,15,16,17). The molecule has 1 aliphatic heterocycles. The predicted octanol–water partition coefficient (Wildman–Crippen LogP) is 0.932. The molecule has 1 aromatic rings. The predicted molar refractivity (Wildman–Crippen MR) is 69.2 cm³/mol. The van der Waals surface area contributed by atoms with Crippen molar-refractivity contribution in [3.05, 3.63) is 12.0 Å². The van der Waals surface area contributed by atoms with E-state index in [0.29, 0.717) is 6.54 Å². The summed E-state index contributed by atoms with van der Waals surface area (Å²) in [5, 5.41) is 5.30. The third-order valence-electron chi connectivity index (χ3n) is 3.43. The van der Waals surface area contributed by atoms with Gasteiger partial charge in [-0.25, -0.2) is 0 Å². The fourth-order valence-corrected chi connectivity index (χ4v) is 2.09. The number of hydrogen-bond donors (Lipinski definition) is 2. The lowest BCUT2D eigenvalue weighted by atomic mass is 10.2. The molecule has 3 rings (SSSR count). The van der Waals surface area contributed by atoms with E-state index >= 15 is 0 Å². The van der Waals surface area contributed by atoms with Crippen LogP contribution in [0.2, 0.25) is 0 Å². The van der Waals surface area contributed by atoms with Crippen molar-refractivity contribution in [3.8, 4) is 0 Å². The number of nitrogens with one attached hydrogen (secondary N) is 2. The lowest BCUT2D eigenvalue weighted by molar-refractivity contribution is -0.117. The summed E-state index contributed by atoms with van der Waals surface area (Å²) in [6.45, 7) is 1.22. The largest absolute Gasteiger partial charge is 0.431 e. The third-order valence-corrected chi connectivity index (χ3v) is 3.43. The number of carbonyl (C=O) groups excluding carboxylic acids is 2. The van der Waals surface area contributed by atoms with Gasteiger partial charge in [0, 0.05) is 19.1 Å². The molecule has 0 aromatic carbocycles. The van der Waals surface area contributed by atoms with E-state index in [2.05, 4.69) is 15.6 Å². The first-order valence-corrected chi connectivity index (χ1v) is 6.88. The molecule has 7 heteroatoms. The summed E-state index contributed by atoms with van der Waals surface area (Å²) in [5.74, 6) is -0.354. The van der Waals surface area contributed by atoms with Gasteiger partial charge in [0.2, 0.25) is 5.91 Å². The number of oxazole rings is 1. The minimum Gasteiger partial charge on any atom is -0.431 e. The van der Waals surface area contributed by atoms with E-state index < -0.39 is 0 Å². The van der Waals surface area contributed by atoms with Gasteiger partial charge < -0.3 is 14.5 Å². The van der Waals surface area contributed by atoms with E-state index in [4.69, 9.17) is 9.15 Å². The summed E-state index contributed by atoms with van der Waals surface area (Å²) in [7, 11) is 0. The molecule has 108 valence electrons. The summed E-state index contributed by atoms with van der Waals surface area (Å²) < 4.78 is 10.5. The molecule has 0 bridgehead atoms. The van der Waals surface area contributed by atoms with Crippen LogP contribution in [-0.4, -0.2) is 36.1 Å². The van der Waals surface area contributed by atoms with Gasteiger partial charge in [0.25, 0.3) is 5.91 Å². The van der Waals surface area contributed by atoms with Crippen molar-refractivity contribution in [3.63, 3.8) is 0 Å². The van der Waals surface area contributed by atoms with E-state index in [1.54, 1.807) is 0 Å². The Morgan fingerprint density at radius 1 is 1.35 bits per heavy atom. The minimum absolute atomic E-state index is 0.0682. The molecule has 2 heterocycles. The van der Waals surface area contributed by atoms with Crippen molar-refractivity contribution < 1.29 is 18.7 Å². The van der Waals surface area contributed by atoms with Gasteiger partial charge >= 0.3 is 6.01 Å². The molecule has 2 aliphatic rings. The molecule has 7 nitrogen and oxygen atoms in total. The first-order valence-electron chi connectivity index (χ1n) is 6.88. The molecule has 2 N–H and O–H groups in total. The van der Waals surface area contributed by atoms with Crippen LogP contribution in [0.25, 0.3) is 0 Å². The summed E-state index contributed by atoms with van der Waals surface area (Å²) in [4.78, 5) is 27.3. The molecule has 20 heavy (non-hydrogen) atoms. The zero-order valence-electron chi connectivity index (χ0n) is 11.1. The molecule has 1 atom stereocenters. The Morgan fingerprint density at radius 2 is 2.20 bits per heavy atom. The zero-order chi connectivity index (χ0) is 13.9. The second-order valence-electron chi connectivity index (χ2n) is 5.15. The van der Waals surface area contributed by atoms with E-state index in [-0.39, 0.29) is 35.5 Å². The molecule has 0 spiro atoms.